The number of carboxylic acid groups (broad SMARTS) is 1. The van der Waals surface area contributed by atoms with Gasteiger partial charge in [0.2, 0.25) is 11.8 Å². The lowest BCUT2D eigenvalue weighted by Gasteiger charge is -2.14. The van der Waals surface area contributed by atoms with Crippen molar-refractivity contribution in [2.24, 2.45) is 5.92 Å². The second-order valence-electron chi connectivity index (χ2n) is 4.01. The lowest BCUT2D eigenvalue weighted by Crippen LogP contribution is -2.30. The molecule has 0 aliphatic carbocycles. The standard InChI is InChI=1S/C12H11NO4/c1-7-6-10(14)13(11(7)15)9-4-2-8(3-5-9)12(16)17/h2-5,7H,6H2,1H3,(H,16,17)/p-1/t7-/m0/s1. The van der Waals surface area contributed by atoms with E-state index in [1.807, 2.05) is 0 Å². The van der Waals surface area contributed by atoms with E-state index in [1.165, 1.54) is 24.3 Å². The van der Waals surface area contributed by atoms with Crippen molar-refractivity contribution >= 4 is 23.5 Å². The quantitative estimate of drug-likeness (QED) is 0.670. The van der Waals surface area contributed by atoms with Crippen molar-refractivity contribution < 1.29 is 19.5 Å². The van der Waals surface area contributed by atoms with E-state index in [9.17, 15) is 19.5 Å². The molecule has 5 heteroatoms. The lowest BCUT2D eigenvalue weighted by atomic mass is 10.1. The number of imide groups is 1. The number of rotatable bonds is 2. The Morgan fingerprint density at radius 2 is 1.88 bits per heavy atom. The van der Waals surface area contributed by atoms with Crippen LogP contribution in [0.1, 0.15) is 23.7 Å². The van der Waals surface area contributed by atoms with Crippen molar-refractivity contribution in [1.29, 1.82) is 0 Å². The molecule has 1 fully saturated rings. The number of anilines is 1. The molecule has 5 nitrogen and oxygen atoms in total. The van der Waals surface area contributed by atoms with Crippen LogP contribution in [0.3, 0.4) is 0 Å². The van der Waals surface area contributed by atoms with Gasteiger partial charge in [-0.1, -0.05) is 19.1 Å². The molecule has 1 atom stereocenters. The van der Waals surface area contributed by atoms with Crippen LogP contribution in [0.25, 0.3) is 0 Å². The van der Waals surface area contributed by atoms with E-state index in [-0.39, 0.29) is 29.7 Å². The largest absolute Gasteiger partial charge is 0.545 e. The van der Waals surface area contributed by atoms with Gasteiger partial charge in [-0.2, -0.15) is 0 Å². The maximum atomic E-state index is 11.7. The first-order chi connectivity index (χ1) is 8.00. The number of carbonyl (C=O) groups is 3. The average Bonchev–Trinajstić information content (AvgIpc) is 2.53. The summed E-state index contributed by atoms with van der Waals surface area (Å²) < 4.78 is 0. The normalized spacial score (nSPS) is 19.8. The molecule has 1 aliphatic heterocycles. The highest BCUT2D eigenvalue weighted by Gasteiger charge is 2.36. The summed E-state index contributed by atoms with van der Waals surface area (Å²) in [4.78, 5) is 34.9. The van der Waals surface area contributed by atoms with Gasteiger partial charge in [-0.05, 0) is 17.7 Å². The fourth-order valence-electron chi connectivity index (χ4n) is 1.80. The fraction of sp³-hybridized carbons (Fsp3) is 0.250. The molecule has 1 saturated heterocycles. The summed E-state index contributed by atoms with van der Waals surface area (Å²) >= 11 is 0. The van der Waals surface area contributed by atoms with Gasteiger partial charge in [-0.25, -0.2) is 0 Å². The molecule has 0 unspecified atom stereocenters. The molecule has 0 N–H and O–H groups in total. The van der Waals surface area contributed by atoms with Gasteiger partial charge >= 0.3 is 0 Å². The van der Waals surface area contributed by atoms with Crippen LogP contribution in [-0.2, 0) is 9.59 Å². The van der Waals surface area contributed by atoms with Crippen LogP contribution in [0.2, 0.25) is 0 Å². The molecule has 0 bridgehead atoms. The topological polar surface area (TPSA) is 77.5 Å². The Labute approximate surface area is 97.7 Å². The van der Waals surface area contributed by atoms with Crippen LogP contribution in [0, 0.1) is 5.92 Å². The molecular formula is C12H10NO4-. The Kier molecular flexibility index (Phi) is 2.67. The number of benzene rings is 1. The van der Waals surface area contributed by atoms with E-state index < -0.39 is 5.97 Å². The molecule has 0 radical (unpaired) electrons. The Bertz CT molecular complexity index is 492. The van der Waals surface area contributed by atoms with E-state index >= 15 is 0 Å². The van der Waals surface area contributed by atoms with Crippen molar-refractivity contribution in [1.82, 2.24) is 0 Å². The zero-order valence-electron chi connectivity index (χ0n) is 9.17. The van der Waals surface area contributed by atoms with Gasteiger partial charge in [-0.15, -0.1) is 0 Å². The summed E-state index contributed by atoms with van der Waals surface area (Å²) in [6, 6.07) is 5.49. The number of amides is 2. The summed E-state index contributed by atoms with van der Waals surface area (Å²) in [5.41, 5.74) is 0.412. The first-order valence-corrected chi connectivity index (χ1v) is 5.19. The van der Waals surface area contributed by atoms with Gasteiger partial charge in [0.15, 0.2) is 0 Å². The van der Waals surface area contributed by atoms with E-state index in [0.29, 0.717) is 5.69 Å². The average molecular weight is 232 g/mol. The lowest BCUT2D eigenvalue weighted by molar-refractivity contribution is -0.255. The summed E-state index contributed by atoms with van der Waals surface area (Å²) in [5, 5.41) is 10.6. The number of carbonyl (C=O) groups excluding carboxylic acids is 3. The first-order valence-electron chi connectivity index (χ1n) is 5.19. The zero-order valence-corrected chi connectivity index (χ0v) is 9.17. The number of carboxylic acids is 1. The van der Waals surface area contributed by atoms with Crippen LogP contribution in [-0.4, -0.2) is 17.8 Å². The number of hydrogen-bond acceptors (Lipinski definition) is 4. The SMILES string of the molecule is C[C@H]1CC(=O)N(c2ccc(C(=O)[O-])cc2)C1=O. The van der Waals surface area contributed by atoms with Gasteiger partial charge in [0.25, 0.3) is 0 Å². The molecular weight excluding hydrogens is 222 g/mol. The second kappa shape index (κ2) is 4.01. The van der Waals surface area contributed by atoms with Crippen LogP contribution in [0.15, 0.2) is 24.3 Å². The van der Waals surface area contributed by atoms with Gasteiger partial charge in [0, 0.05) is 12.3 Å². The Balaban J connectivity index is 2.32. The first kappa shape index (κ1) is 11.3. The molecule has 0 saturated carbocycles. The minimum Gasteiger partial charge on any atom is -0.545 e. The Morgan fingerprint density at radius 3 is 2.29 bits per heavy atom. The molecule has 1 aromatic carbocycles. The maximum Gasteiger partial charge on any atom is 0.237 e. The third kappa shape index (κ3) is 1.91. The van der Waals surface area contributed by atoms with Gasteiger partial charge in [-0.3, -0.25) is 14.5 Å². The molecule has 1 aliphatic rings. The minimum absolute atomic E-state index is 0.0147. The highest BCUT2D eigenvalue weighted by atomic mass is 16.4. The molecule has 1 heterocycles. The van der Waals surface area contributed by atoms with Crippen molar-refractivity contribution in [3.63, 3.8) is 0 Å². The van der Waals surface area contributed by atoms with Gasteiger partial charge in [0.1, 0.15) is 0 Å². The van der Waals surface area contributed by atoms with Crippen LogP contribution < -0.4 is 10.0 Å². The number of nitrogens with zero attached hydrogens (tertiary/aromatic N) is 1. The molecule has 0 aromatic heterocycles. The Hall–Kier alpha value is -2.17. The Morgan fingerprint density at radius 1 is 1.29 bits per heavy atom. The highest BCUT2D eigenvalue weighted by molar-refractivity contribution is 6.20. The summed E-state index contributed by atoms with van der Waals surface area (Å²) in [6.07, 6.45) is 0.196. The predicted molar refractivity (Wildman–Crippen MR) is 57.0 cm³/mol. The van der Waals surface area contributed by atoms with Crippen LogP contribution >= 0.6 is 0 Å². The van der Waals surface area contributed by atoms with Crippen molar-refractivity contribution in [2.75, 3.05) is 4.90 Å². The molecule has 0 spiro atoms. The summed E-state index contributed by atoms with van der Waals surface area (Å²) in [6.45, 7) is 1.69. The minimum atomic E-state index is -1.29. The van der Waals surface area contributed by atoms with E-state index in [0.717, 1.165) is 4.90 Å². The van der Waals surface area contributed by atoms with Crippen LogP contribution in [0.4, 0.5) is 5.69 Å². The summed E-state index contributed by atoms with van der Waals surface area (Å²) in [7, 11) is 0. The van der Waals surface area contributed by atoms with Gasteiger partial charge < -0.3 is 9.90 Å². The number of aromatic carboxylic acids is 1. The third-order valence-corrected chi connectivity index (χ3v) is 2.73. The second-order valence-corrected chi connectivity index (χ2v) is 4.01. The van der Waals surface area contributed by atoms with E-state index in [1.54, 1.807) is 6.92 Å². The van der Waals surface area contributed by atoms with E-state index in [4.69, 9.17) is 0 Å². The van der Waals surface area contributed by atoms with Crippen molar-refractivity contribution in [2.45, 2.75) is 13.3 Å². The van der Waals surface area contributed by atoms with E-state index in [2.05, 4.69) is 0 Å². The molecule has 88 valence electrons. The monoisotopic (exact) mass is 232 g/mol. The zero-order chi connectivity index (χ0) is 12.6. The molecule has 1 aromatic rings. The predicted octanol–water partition coefficient (Wildman–Crippen LogP) is -0.0505. The van der Waals surface area contributed by atoms with Crippen LogP contribution in [0.5, 0.6) is 0 Å². The smallest absolute Gasteiger partial charge is 0.237 e. The molecule has 2 rings (SSSR count). The van der Waals surface area contributed by atoms with Gasteiger partial charge in [0.05, 0.1) is 11.7 Å². The fourth-order valence-corrected chi connectivity index (χ4v) is 1.80. The summed E-state index contributed by atoms with van der Waals surface area (Å²) in [5.74, 6) is -2.12. The molecule has 2 amide bonds. The number of hydrogen-bond donors (Lipinski definition) is 0. The third-order valence-electron chi connectivity index (χ3n) is 2.73. The maximum absolute atomic E-state index is 11.7. The van der Waals surface area contributed by atoms with Crippen molar-refractivity contribution in [3.05, 3.63) is 29.8 Å². The molecule has 17 heavy (non-hydrogen) atoms. The van der Waals surface area contributed by atoms with Crippen molar-refractivity contribution in [3.8, 4) is 0 Å². The highest BCUT2D eigenvalue weighted by Crippen LogP contribution is 2.26.